The van der Waals surface area contributed by atoms with Crippen molar-refractivity contribution in [2.45, 2.75) is 39.4 Å². The van der Waals surface area contributed by atoms with Crippen molar-refractivity contribution in [1.82, 2.24) is 9.80 Å². The molecule has 1 heterocycles. The highest BCUT2D eigenvalue weighted by atomic mass is 32.1. The van der Waals surface area contributed by atoms with Gasteiger partial charge in [-0.05, 0) is 42.5 Å². The van der Waals surface area contributed by atoms with Gasteiger partial charge >= 0.3 is 6.03 Å². The Morgan fingerprint density at radius 3 is 2.23 bits per heavy atom. The van der Waals surface area contributed by atoms with E-state index in [2.05, 4.69) is 5.32 Å². The van der Waals surface area contributed by atoms with Crippen LogP contribution >= 0.6 is 11.3 Å². The fraction of sp³-hybridized carbons (Fsp3) is 0.280. The third-order valence-corrected chi connectivity index (χ3v) is 6.07. The number of carbonyl (C=O) groups excluding carboxylic acids is 2. The standard InChI is InChI=1S/C25H29N3O2S/c1-3-20(2)28(25(30)26-22-13-8-5-9-14-22)19-24(29)27(18-23-15-10-16-31-23)17-21-11-6-4-7-12-21/h4-16,20H,3,17-19H2,1-2H3,(H,26,30). The zero-order valence-electron chi connectivity index (χ0n) is 18.0. The Labute approximate surface area is 188 Å². The van der Waals surface area contributed by atoms with Gasteiger partial charge in [0.15, 0.2) is 0 Å². The van der Waals surface area contributed by atoms with Gasteiger partial charge in [0, 0.05) is 23.2 Å². The highest BCUT2D eigenvalue weighted by Crippen LogP contribution is 2.17. The molecule has 0 aliphatic rings. The van der Waals surface area contributed by atoms with Gasteiger partial charge in [0.05, 0.1) is 6.54 Å². The van der Waals surface area contributed by atoms with Crippen LogP contribution in [-0.2, 0) is 17.9 Å². The summed E-state index contributed by atoms with van der Waals surface area (Å²) in [6.07, 6.45) is 0.763. The minimum atomic E-state index is -0.260. The first-order valence-corrected chi connectivity index (χ1v) is 11.4. The lowest BCUT2D eigenvalue weighted by molar-refractivity contribution is -0.133. The van der Waals surface area contributed by atoms with Crippen molar-refractivity contribution in [3.8, 4) is 0 Å². The highest BCUT2D eigenvalue weighted by molar-refractivity contribution is 7.09. The number of hydrogen-bond donors (Lipinski definition) is 1. The molecule has 1 atom stereocenters. The van der Waals surface area contributed by atoms with Crippen molar-refractivity contribution < 1.29 is 9.59 Å². The summed E-state index contributed by atoms with van der Waals surface area (Å²) in [4.78, 5) is 30.9. The van der Waals surface area contributed by atoms with Gasteiger partial charge in [-0.3, -0.25) is 4.79 Å². The van der Waals surface area contributed by atoms with Crippen LogP contribution in [-0.4, -0.2) is 34.3 Å². The minimum Gasteiger partial charge on any atom is -0.332 e. The van der Waals surface area contributed by atoms with E-state index in [4.69, 9.17) is 0 Å². The number of rotatable bonds is 9. The molecular weight excluding hydrogens is 406 g/mol. The molecular formula is C25H29N3O2S. The predicted octanol–water partition coefficient (Wildman–Crippen LogP) is 5.61. The quantitative estimate of drug-likeness (QED) is 0.475. The van der Waals surface area contributed by atoms with E-state index in [-0.39, 0.29) is 24.5 Å². The number of para-hydroxylation sites is 1. The molecule has 0 aliphatic carbocycles. The molecule has 0 saturated carbocycles. The van der Waals surface area contributed by atoms with Crippen LogP contribution in [0.2, 0.25) is 0 Å². The van der Waals surface area contributed by atoms with Crippen molar-refractivity contribution in [3.05, 3.63) is 88.6 Å². The van der Waals surface area contributed by atoms with Crippen LogP contribution < -0.4 is 5.32 Å². The Bertz CT molecular complexity index is 945. The summed E-state index contributed by atoms with van der Waals surface area (Å²) in [5, 5.41) is 4.93. The number of hydrogen-bond acceptors (Lipinski definition) is 3. The van der Waals surface area contributed by atoms with E-state index >= 15 is 0 Å². The second-order valence-electron chi connectivity index (χ2n) is 7.50. The second-order valence-corrected chi connectivity index (χ2v) is 8.53. The van der Waals surface area contributed by atoms with Gasteiger partial charge < -0.3 is 15.1 Å². The fourth-order valence-electron chi connectivity index (χ4n) is 3.24. The van der Waals surface area contributed by atoms with Crippen molar-refractivity contribution in [2.75, 3.05) is 11.9 Å². The molecule has 0 aliphatic heterocycles. The first-order chi connectivity index (χ1) is 15.1. The average molecular weight is 436 g/mol. The summed E-state index contributed by atoms with van der Waals surface area (Å²) < 4.78 is 0. The lowest BCUT2D eigenvalue weighted by Crippen LogP contribution is -2.47. The molecule has 0 radical (unpaired) electrons. The van der Waals surface area contributed by atoms with Crippen molar-refractivity contribution >= 4 is 29.0 Å². The summed E-state index contributed by atoms with van der Waals surface area (Å²) in [6, 6.07) is 23.0. The number of nitrogens with one attached hydrogen (secondary N) is 1. The van der Waals surface area contributed by atoms with E-state index in [0.717, 1.165) is 16.9 Å². The minimum absolute atomic E-state index is 0.0336. The van der Waals surface area contributed by atoms with Crippen molar-refractivity contribution in [3.63, 3.8) is 0 Å². The molecule has 0 fully saturated rings. The molecule has 3 amide bonds. The number of carbonyl (C=O) groups is 2. The maximum Gasteiger partial charge on any atom is 0.322 e. The van der Waals surface area contributed by atoms with E-state index in [1.807, 2.05) is 96.9 Å². The van der Waals surface area contributed by atoms with E-state index in [0.29, 0.717) is 18.8 Å². The van der Waals surface area contributed by atoms with E-state index < -0.39 is 0 Å². The monoisotopic (exact) mass is 435 g/mol. The summed E-state index contributed by atoms with van der Waals surface area (Å²) >= 11 is 1.63. The lowest BCUT2D eigenvalue weighted by Gasteiger charge is -2.31. The van der Waals surface area contributed by atoms with Gasteiger partial charge in [0.25, 0.3) is 0 Å². The molecule has 1 N–H and O–H groups in total. The number of nitrogens with zero attached hydrogens (tertiary/aromatic N) is 2. The Hall–Kier alpha value is -3.12. The van der Waals surface area contributed by atoms with Gasteiger partial charge in [-0.2, -0.15) is 0 Å². The second kappa shape index (κ2) is 11.3. The van der Waals surface area contributed by atoms with Crippen molar-refractivity contribution in [2.24, 2.45) is 0 Å². The SMILES string of the molecule is CCC(C)N(CC(=O)N(Cc1ccccc1)Cc1cccs1)C(=O)Nc1ccccc1. The van der Waals surface area contributed by atoms with Gasteiger partial charge in [-0.25, -0.2) is 4.79 Å². The van der Waals surface area contributed by atoms with Crippen LogP contribution in [0, 0.1) is 0 Å². The van der Waals surface area contributed by atoms with E-state index in [1.165, 1.54) is 0 Å². The number of amides is 3. The van der Waals surface area contributed by atoms with Crippen LogP contribution in [0.5, 0.6) is 0 Å². The zero-order valence-corrected chi connectivity index (χ0v) is 18.8. The number of thiophene rings is 1. The number of benzene rings is 2. The van der Waals surface area contributed by atoms with Crippen LogP contribution in [0.15, 0.2) is 78.2 Å². The number of anilines is 1. The predicted molar refractivity (Wildman–Crippen MR) is 127 cm³/mol. The topological polar surface area (TPSA) is 52.7 Å². The van der Waals surface area contributed by atoms with Gasteiger partial charge in [0.2, 0.25) is 5.91 Å². The normalized spacial score (nSPS) is 11.5. The third-order valence-electron chi connectivity index (χ3n) is 5.21. The lowest BCUT2D eigenvalue weighted by atomic mass is 10.2. The molecule has 3 rings (SSSR count). The van der Waals surface area contributed by atoms with Gasteiger partial charge in [0.1, 0.15) is 6.54 Å². The Morgan fingerprint density at radius 2 is 1.61 bits per heavy atom. The molecule has 0 spiro atoms. The van der Waals surface area contributed by atoms with Crippen molar-refractivity contribution in [1.29, 1.82) is 0 Å². The molecule has 6 heteroatoms. The summed E-state index contributed by atoms with van der Waals surface area (Å²) in [7, 11) is 0. The van der Waals surface area contributed by atoms with E-state index in [9.17, 15) is 9.59 Å². The largest absolute Gasteiger partial charge is 0.332 e. The van der Waals surface area contributed by atoms with Crippen LogP contribution in [0.25, 0.3) is 0 Å². The zero-order chi connectivity index (χ0) is 22.1. The molecule has 1 aromatic heterocycles. The summed E-state index contributed by atoms with van der Waals surface area (Å²) in [6.45, 7) is 5.06. The Morgan fingerprint density at radius 1 is 0.935 bits per heavy atom. The molecule has 3 aromatic rings. The molecule has 5 nitrogen and oxygen atoms in total. The molecule has 0 bridgehead atoms. The maximum absolute atomic E-state index is 13.4. The van der Waals surface area contributed by atoms with Crippen LogP contribution in [0.3, 0.4) is 0 Å². The fourth-order valence-corrected chi connectivity index (χ4v) is 3.96. The summed E-state index contributed by atoms with van der Waals surface area (Å²) in [5.41, 5.74) is 1.78. The van der Waals surface area contributed by atoms with Crippen LogP contribution in [0.4, 0.5) is 10.5 Å². The Kier molecular flexibility index (Phi) is 8.24. The van der Waals surface area contributed by atoms with Gasteiger partial charge in [-0.1, -0.05) is 61.5 Å². The molecule has 2 aromatic carbocycles. The molecule has 1 unspecified atom stereocenters. The van der Waals surface area contributed by atoms with Gasteiger partial charge in [-0.15, -0.1) is 11.3 Å². The van der Waals surface area contributed by atoms with Crippen LogP contribution in [0.1, 0.15) is 30.7 Å². The average Bonchev–Trinajstić information content (AvgIpc) is 3.31. The number of urea groups is 1. The third kappa shape index (κ3) is 6.69. The highest BCUT2D eigenvalue weighted by Gasteiger charge is 2.25. The smallest absolute Gasteiger partial charge is 0.322 e. The Balaban J connectivity index is 1.75. The first kappa shape index (κ1) is 22.6. The molecule has 162 valence electrons. The maximum atomic E-state index is 13.4. The molecule has 0 saturated heterocycles. The molecule has 31 heavy (non-hydrogen) atoms. The first-order valence-electron chi connectivity index (χ1n) is 10.5. The van der Waals surface area contributed by atoms with E-state index in [1.54, 1.807) is 16.2 Å². The summed E-state index contributed by atoms with van der Waals surface area (Å²) in [5.74, 6) is -0.0687.